The van der Waals surface area contributed by atoms with Gasteiger partial charge in [0.2, 0.25) is 10.0 Å². The third-order valence-electron chi connectivity index (χ3n) is 2.82. The highest BCUT2D eigenvalue weighted by Crippen LogP contribution is 2.10. The highest BCUT2D eigenvalue weighted by molar-refractivity contribution is 7.89. The molecule has 0 aromatic carbocycles. The number of hydrogen-bond acceptors (Lipinski definition) is 4. The molecule has 0 atom stereocenters. The van der Waals surface area contributed by atoms with Crippen molar-refractivity contribution in [3.05, 3.63) is 30.1 Å². The zero-order chi connectivity index (χ0) is 15.2. The van der Waals surface area contributed by atoms with E-state index in [0.29, 0.717) is 12.1 Å². The van der Waals surface area contributed by atoms with Crippen LogP contribution in [0.4, 0.5) is 0 Å². The first-order valence-corrected chi connectivity index (χ1v) is 8.05. The van der Waals surface area contributed by atoms with Gasteiger partial charge in [-0.15, -0.1) is 0 Å². The Morgan fingerprint density at radius 3 is 2.60 bits per heavy atom. The molecule has 7 heteroatoms. The lowest BCUT2D eigenvalue weighted by atomic mass is 10.3. The van der Waals surface area contributed by atoms with Gasteiger partial charge in [-0.25, -0.2) is 8.42 Å². The number of carboxylic acid groups (broad SMARTS) is 1. The molecule has 1 aromatic heterocycles. The molecule has 1 N–H and O–H groups in total. The van der Waals surface area contributed by atoms with Crippen LogP contribution in [-0.4, -0.2) is 47.1 Å². The van der Waals surface area contributed by atoms with E-state index in [0.717, 1.165) is 0 Å². The van der Waals surface area contributed by atoms with Gasteiger partial charge in [0, 0.05) is 30.9 Å². The number of aryl methyl sites for hydroxylation is 1. The molecule has 1 heterocycles. The van der Waals surface area contributed by atoms with Crippen LogP contribution >= 0.6 is 0 Å². The van der Waals surface area contributed by atoms with Gasteiger partial charge in [0.1, 0.15) is 0 Å². The lowest BCUT2D eigenvalue weighted by Crippen LogP contribution is -2.40. The number of hydrogen-bond donors (Lipinski definition) is 1. The van der Waals surface area contributed by atoms with E-state index in [-0.39, 0.29) is 24.8 Å². The summed E-state index contributed by atoms with van der Waals surface area (Å²) in [6.45, 7) is 3.47. The monoisotopic (exact) mass is 300 g/mol. The maximum Gasteiger partial charge on any atom is 0.304 e. The molecule has 1 aromatic rings. The second kappa shape index (κ2) is 7.35. The molecule has 0 unspecified atom stereocenters. The molecular weight excluding hydrogens is 280 g/mol. The van der Waals surface area contributed by atoms with Crippen molar-refractivity contribution in [1.82, 2.24) is 9.29 Å². The first-order valence-electron chi connectivity index (χ1n) is 6.44. The van der Waals surface area contributed by atoms with E-state index >= 15 is 0 Å². The Balaban J connectivity index is 2.70. The van der Waals surface area contributed by atoms with Crippen LogP contribution < -0.4 is 0 Å². The Kier molecular flexibility index (Phi) is 6.09. The smallest absolute Gasteiger partial charge is 0.304 e. The highest BCUT2D eigenvalue weighted by Gasteiger charge is 2.25. The van der Waals surface area contributed by atoms with E-state index < -0.39 is 16.0 Å². The lowest BCUT2D eigenvalue weighted by molar-refractivity contribution is -0.137. The topological polar surface area (TPSA) is 87.6 Å². The summed E-state index contributed by atoms with van der Waals surface area (Å²) in [5, 5.41) is 8.69. The van der Waals surface area contributed by atoms with E-state index in [4.69, 9.17) is 5.11 Å². The fourth-order valence-electron chi connectivity index (χ4n) is 1.82. The first-order chi connectivity index (χ1) is 9.33. The van der Waals surface area contributed by atoms with Crippen LogP contribution in [0.1, 0.15) is 26.0 Å². The zero-order valence-electron chi connectivity index (χ0n) is 11.7. The molecule has 0 spiro atoms. The zero-order valence-corrected chi connectivity index (χ0v) is 12.5. The van der Waals surface area contributed by atoms with Gasteiger partial charge in [0.25, 0.3) is 0 Å². The summed E-state index contributed by atoms with van der Waals surface area (Å²) in [6, 6.07) is 5.08. The molecule has 1 rings (SSSR count). The highest BCUT2D eigenvalue weighted by atomic mass is 32.2. The Morgan fingerprint density at radius 1 is 1.40 bits per heavy atom. The molecule has 0 radical (unpaired) electrons. The predicted octanol–water partition coefficient (Wildman–Crippen LogP) is 1.14. The molecule has 0 aliphatic carbocycles. The van der Waals surface area contributed by atoms with Crippen LogP contribution in [0.25, 0.3) is 0 Å². The van der Waals surface area contributed by atoms with Crippen LogP contribution in [0, 0.1) is 0 Å². The van der Waals surface area contributed by atoms with Crippen molar-refractivity contribution < 1.29 is 18.3 Å². The first kappa shape index (κ1) is 16.6. The van der Waals surface area contributed by atoms with Gasteiger partial charge in [-0.05, 0) is 26.0 Å². The Bertz CT molecular complexity index is 529. The van der Waals surface area contributed by atoms with E-state index in [1.54, 1.807) is 38.2 Å². The van der Waals surface area contributed by atoms with Crippen molar-refractivity contribution in [2.24, 2.45) is 0 Å². The SMILES string of the molecule is CC(C)N(CCC(=O)O)S(=O)(=O)CCc1ccccn1. The summed E-state index contributed by atoms with van der Waals surface area (Å²) in [5.41, 5.74) is 0.706. The molecule has 112 valence electrons. The predicted molar refractivity (Wildman–Crippen MR) is 75.8 cm³/mol. The van der Waals surface area contributed by atoms with E-state index in [1.807, 2.05) is 0 Å². The van der Waals surface area contributed by atoms with E-state index in [2.05, 4.69) is 4.98 Å². The van der Waals surface area contributed by atoms with Crippen molar-refractivity contribution in [1.29, 1.82) is 0 Å². The molecule has 20 heavy (non-hydrogen) atoms. The van der Waals surface area contributed by atoms with E-state index in [1.165, 1.54) is 4.31 Å². The second-order valence-corrected chi connectivity index (χ2v) is 6.78. The number of aromatic nitrogens is 1. The van der Waals surface area contributed by atoms with Gasteiger partial charge in [0.15, 0.2) is 0 Å². The number of carbonyl (C=O) groups is 1. The average Bonchev–Trinajstić information content (AvgIpc) is 2.37. The lowest BCUT2D eigenvalue weighted by Gasteiger charge is -2.25. The van der Waals surface area contributed by atoms with E-state index in [9.17, 15) is 13.2 Å². The number of pyridine rings is 1. The molecular formula is C13H20N2O4S. The number of rotatable bonds is 8. The van der Waals surface area contributed by atoms with Crippen molar-refractivity contribution >= 4 is 16.0 Å². The molecule has 0 saturated heterocycles. The van der Waals surface area contributed by atoms with Crippen molar-refractivity contribution in [3.63, 3.8) is 0 Å². The Hall–Kier alpha value is -1.47. The summed E-state index contributed by atoms with van der Waals surface area (Å²) in [5.74, 6) is -1.07. The van der Waals surface area contributed by atoms with Gasteiger partial charge >= 0.3 is 5.97 Å². The molecule has 0 saturated carbocycles. The largest absolute Gasteiger partial charge is 0.481 e. The quantitative estimate of drug-likeness (QED) is 0.778. The minimum absolute atomic E-state index is 0.00243. The number of sulfonamides is 1. The van der Waals surface area contributed by atoms with Crippen molar-refractivity contribution in [3.8, 4) is 0 Å². The van der Waals surface area contributed by atoms with Gasteiger partial charge in [0.05, 0.1) is 12.2 Å². The fraction of sp³-hybridized carbons (Fsp3) is 0.538. The minimum Gasteiger partial charge on any atom is -0.481 e. The summed E-state index contributed by atoms with van der Waals surface area (Å²) in [7, 11) is -3.49. The summed E-state index contributed by atoms with van der Waals surface area (Å²) < 4.78 is 25.8. The molecule has 6 nitrogen and oxygen atoms in total. The maximum atomic E-state index is 12.3. The van der Waals surface area contributed by atoms with Gasteiger partial charge in [-0.1, -0.05) is 6.07 Å². The van der Waals surface area contributed by atoms with Crippen LogP contribution in [0.15, 0.2) is 24.4 Å². The third kappa shape index (κ3) is 5.26. The molecule has 0 bridgehead atoms. The molecule has 0 aliphatic heterocycles. The van der Waals surface area contributed by atoms with Crippen LogP contribution in [0.5, 0.6) is 0 Å². The maximum absolute atomic E-state index is 12.3. The second-order valence-electron chi connectivity index (χ2n) is 4.74. The number of carboxylic acids is 1. The molecule has 0 fully saturated rings. The molecule has 0 amide bonds. The number of aliphatic carboxylic acids is 1. The Morgan fingerprint density at radius 2 is 2.10 bits per heavy atom. The van der Waals surface area contributed by atoms with Crippen molar-refractivity contribution in [2.75, 3.05) is 12.3 Å². The fourth-order valence-corrected chi connectivity index (χ4v) is 3.53. The van der Waals surface area contributed by atoms with Crippen LogP contribution in [0.3, 0.4) is 0 Å². The summed E-state index contributed by atoms with van der Waals surface area (Å²) in [4.78, 5) is 14.7. The minimum atomic E-state index is -3.49. The van der Waals surface area contributed by atoms with Gasteiger partial charge in [-0.2, -0.15) is 4.31 Å². The van der Waals surface area contributed by atoms with Gasteiger partial charge < -0.3 is 5.11 Å². The van der Waals surface area contributed by atoms with Crippen molar-refractivity contribution in [2.45, 2.75) is 32.7 Å². The normalized spacial score (nSPS) is 12.0. The summed E-state index contributed by atoms with van der Waals surface area (Å²) >= 11 is 0. The van der Waals surface area contributed by atoms with Crippen LogP contribution in [-0.2, 0) is 21.2 Å². The Labute approximate surface area is 119 Å². The molecule has 0 aliphatic rings. The average molecular weight is 300 g/mol. The van der Waals surface area contributed by atoms with Crippen LogP contribution in [0.2, 0.25) is 0 Å². The number of nitrogens with zero attached hydrogens (tertiary/aromatic N) is 2. The standard InChI is InChI=1S/C13H20N2O4S/c1-11(2)15(9-6-13(16)17)20(18,19)10-7-12-5-3-4-8-14-12/h3-5,8,11H,6-7,9-10H2,1-2H3,(H,16,17). The van der Waals surface area contributed by atoms with Gasteiger partial charge in [-0.3, -0.25) is 9.78 Å². The summed E-state index contributed by atoms with van der Waals surface area (Å²) in [6.07, 6.45) is 1.74. The third-order valence-corrected chi connectivity index (χ3v) is 4.86.